The molecule has 0 radical (unpaired) electrons. The minimum Gasteiger partial charge on any atom is -0.337 e. The molecular weight excluding hydrogens is 357 g/mol. The van der Waals surface area contributed by atoms with Crippen molar-refractivity contribution in [1.82, 2.24) is 24.9 Å². The lowest BCUT2D eigenvalue weighted by atomic mass is 9.90. The van der Waals surface area contributed by atoms with Crippen LogP contribution in [0.25, 0.3) is 11.1 Å². The lowest BCUT2D eigenvalue weighted by Crippen LogP contribution is -2.40. The van der Waals surface area contributed by atoms with Crippen LogP contribution in [-0.2, 0) is 13.5 Å². The smallest absolute Gasteiger partial charge is 0.272 e. The summed E-state index contributed by atoms with van der Waals surface area (Å²) in [6.07, 6.45) is 4.49. The average Bonchev–Trinajstić information content (AvgIpc) is 3.35. The Kier molecular flexibility index (Phi) is 4.98. The normalized spacial score (nSPS) is 17.1. The number of hydrogen-bond acceptors (Lipinski definition) is 3. The van der Waals surface area contributed by atoms with E-state index >= 15 is 0 Å². The molecule has 1 fully saturated rings. The quantitative estimate of drug-likeness (QED) is 0.752. The maximum atomic E-state index is 13.3. The molecule has 1 aromatic carbocycles. The number of piperidine rings is 1. The predicted octanol–water partition coefficient (Wildman–Crippen LogP) is 3.53. The van der Waals surface area contributed by atoms with Crippen molar-refractivity contribution in [2.75, 3.05) is 13.1 Å². The van der Waals surface area contributed by atoms with E-state index in [4.69, 9.17) is 0 Å². The van der Waals surface area contributed by atoms with Crippen molar-refractivity contribution in [2.45, 2.75) is 32.1 Å². The topological polar surface area (TPSA) is 66.8 Å². The fraction of sp³-hybridized carbons (Fsp3) is 0.381. The number of benzene rings is 1. The maximum Gasteiger partial charge on any atom is 0.272 e. The summed E-state index contributed by atoms with van der Waals surface area (Å²) in [4.78, 5) is 15.0. The number of aromatic nitrogens is 4. The Morgan fingerprint density at radius 1 is 1.32 bits per heavy atom. The number of aryl methyl sites for hydroxylation is 2. The van der Waals surface area contributed by atoms with Crippen molar-refractivity contribution in [3.05, 3.63) is 59.4 Å². The van der Waals surface area contributed by atoms with Gasteiger partial charge in [-0.15, -0.1) is 0 Å². The van der Waals surface area contributed by atoms with Gasteiger partial charge in [0.1, 0.15) is 11.5 Å². The molecule has 1 N–H and O–H groups in total. The zero-order chi connectivity index (χ0) is 19.7. The van der Waals surface area contributed by atoms with E-state index in [1.807, 2.05) is 24.9 Å². The summed E-state index contributed by atoms with van der Waals surface area (Å²) in [5.74, 6) is -0.0766. The molecule has 1 amide bonds. The molecule has 1 saturated heterocycles. The van der Waals surface area contributed by atoms with E-state index in [9.17, 15) is 9.18 Å². The van der Waals surface area contributed by atoms with E-state index < -0.39 is 0 Å². The minimum atomic E-state index is -0.258. The van der Waals surface area contributed by atoms with Gasteiger partial charge in [-0.3, -0.25) is 14.6 Å². The van der Waals surface area contributed by atoms with E-state index in [1.54, 1.807) is 23.0 Å². The maximum absolute atomic E-state index is 13.3. The Bertz CT molecular complexity index is 975. The van der Waals surface area contributed by atoms with Gasteiger partial charge in [-0.25, -0.2) is 4.39 Å². The van der Waals surface area contributed by atoms with Gasteiger partial charge in [-0.1, -0.05) is 19.1 Å². The van der Waals surface area contributed by atoms with Crippen LogP contribution in [0.4, 0.5) is 4.39 Å². The number of carbonyl (C=O) groups excluding carboxylic acids is 1. The highest BCUT2D eigenvalue weighted by Crippen LogP contribution is 2.33. The zero-order valence-electron chi connectivity index (χ0n) is 16.2. The molecule has 0 spiro atoms. The second-order valence-electron chi connectivity index (χ2n) is 7.29. The van der Waals surface area contributed by atoms with E-state index in [1.165, 1.54) is 12.1 Å². The summed E-state index contributed by atoms with van der Waals surface area (Å²) in [6, 6.07) is 8.31. The number of aromatic amines is 1. The molecule has 0 aliphatic carbocycles. The van der Waals surface area contributed by atoms with E-state index in [0.29, 0.717) is 12.2 Å². The molecule has 0 saturated carbocycles. The lowest BCUT2D eigenvalue weighted by Gasteiger charge is -2.32. The Balaban J connectivity index is 1.56. The number of likely N-dealkylation sites (tertiary alicyclic amines) is 1. The summed E-state index contributed by atoms with van der Waals surface area (Å²) < 4.78 is 14.9. The number of amides is 1. The van der Waals surface area contributed by atoms with Crippen molar-refractivity contribution in [3.63, 3.8) is 0 Å². The van der Waals surface area contributed by atoms with Crippen LogP contribution in [-0.4, -0.2) is 43.9 Å². The molecule has 3 heterocycles. The van der Waals surface area contributed by atoms with Gasteiger partial charge in [0, 0.05) is 37.3 Å². The molecule has 7 heteroatoms. The first-order valence-electron chi connectivity index (χ1n) is 9.68. The molecular formula is C21H24FN5O. The summed E-state index contributed by atoms with van der Waals surface area (Å²) in [5, 5.41) is 11.7. The molecule has 3 aromatic rings. The van der Waals surface area contributed by atoms with Crippen molar-refractivity contribution in [3.8, 4) is 11.1 Å². The van der Waals surface area contributed by atoms with Crippen molar-refractivity contribution < 1.29 is 9.18 Å². The standard InChI is InChI=1S/C21H24FN5O/c1-3-17-11-19(26(2)25-17)21(28)27-10-4-5-15(13-27)20-18(12-23-24-20)14-6-8-16(22)9-7-14/h6-9,11-12,15H,3-5,10,13H2,1-2H3,(H,23,24). The first-order valence-corrected chi connectivity index (χ1v) is 9.68. The number of carbonyl (C=O) groups is 1. The number of nitrogens with one attached hydrogen (secondary N) is 1. The van der Waals surface area contributed by atoms with E-state index in [0.717, 1.165) is 48.3 Å². The fourth-order valence-electron chi connectivity index (χ4n) is 3.93. The minimum absolute atomic E-state index is 0.0160. The Morgan fingerprint density at radius 2 is 2.11 bits per heavy atom. The number of H-pyrrole nitrogens is 1. The van der Waals surface area contributed by atoms with Gasteiger partial charge in [0.2, 0.25) is 0 Å². The first-order chi connectivity index (χ1) is 13.6. The van der Waals surface area contributed by atoms with E-state index in [-0.39, 0.29) is 17.6 Å². The Labute approximate surface area is 163 Å². The van der Waals surface area contributed by atoms with Crippen molar-refractivity contribution >= 4 is 5.91 Å². The molecule has 1 aliphatic rings. The van der Waals surface area contributed by atoms with Gasteiger partial charge in [0.05, 0.1) is 11.9 Å². The largest absolute Gasteiger partial charge is 0.337 e. The van der Waals surface area contributed by atoms with Crippen LogP contribution in [0.2, 0.25) is 0 Å². The van der Waals surface area contributed by atoms with Crippen LogP contribution in [0.3, 0.4) is 0 Å². The number of hydrogen-bond donors (Lipinski definition) is 1. The van der Waals surface area contributed by atoms with Gasteiger partial charge >= 0.3 is 0 Å². The Hall–Kier alpha value is -2.96. The highest BCUT2D eigenvalue weighted by molar-refractivity contribution is 5.92. The first kappa shape index (κ1) is 18.4. The van der Waals surface area contributed by atoms with Crippen LogP contribution in [0.5, 0.6) is 0 Å². The molecule has 146 valence electrons. The third kappa shape index (κ3) is 3.44. The molecule has 2 aromatic heterocycles. The SMILES string of the molecule is CCc1cc(C(=O)N2CCCC(c3[nH]ncc3-c3ccc(F)cc3)C2)n(C)n1. The molecule has 1 atom stereocenters. The summed E-state index contributed by atoms with van der Waals surface area (Å²) >= 11 is 0. The second-order valence-corrected chi connectivity index (χ2v) is 7.29. The second kappa shape index (κ2) is 7.58. The number of rotatable bonds is 4. The molecule has 4 rings (SSSR count). The van der Waals surface area contributed by atoms with Crippen molar-refractivity contribution in [1.29, 1.82) is 0 Å². The third-order valence-corrected chi connectivity index (χ3v) is 5.45. The highest BCUT2D eigenvalue weighted by atomic mass is 19.1. The number of nitrogens with zero attached hydrogens (tertiary/aromatic N) is 4. The van der Waals surface area contributed by atoms with Gasteiger partial charge in [-0.05, 0) is 43.0 Å². The number of halogens is 1. The van der Waals surface area contributed by atoms with Gasteiger partial charge in [-0.2, -0.15) is 10.2 Å². The van der Waals surface area contributed by atoms with Gasteiger partial charge in [0.15, 0.2) is 0 Å². The monoisotopic (exact) mass is 381 g/mol. The third-order valence-electron chi connectivity index (χ3n) is 5.45. The predicted molar refractivity (Wildman–Crippen MR) is 104 cm³/mol. The molecule has 0 bridgehead atoms. The zero-order valence-corrected chi connectivity index (χ0v) is 16.2. The van der Waals surface area contributed by atoms with Crippen molar-refractivity contribution in [2.24, 2.45) is 7.05 Å². The lowest BCUT2D eigenvalue weighted by molar-refractivity contribution is 0.0695. The Morgan fingerprint density at radius 3 is 2.82 bits per heavy atom. The van der Waals surface area contributed by atoms with Crippen LogP contribution in [0, 0.1) is 5.82 Å². The molecule has 1 aliphatic heterocycles. The summed E-state index contributed by atoms with van der Waals surface area (Å²) in [5.41, 5.74) is 4.44. The molecule has 1 unspecified atom stereocenters. The fourth-order valence-corrected chi connectivity index (χ4v) is 3.93. The van der Waals surface area contributed by atoms with Gasteiger partial charge < -0.3 is 4.90 Å². The van der Waals surface area contributed by atoms with E-state index in [2.05, 4.69) is 15.3 Å². The van der Waals surface area contributed by atoms with Crippen LogP contribution >= 0.6 is 0 Å². The average molecular weight is 381 g/mol. The molecule has 6 nitrogen and oxygen atoms in total. The summed E-state index contributed by atoms with van der Waals surface area (Å²) in [6.45, 7) is 3.40. The molecule has 28 heavy (non-hydrogen) atoms. The van der Waals surface area contributed by atoms with Gasteiger partial charge in [0.25, 0.3) is 5.91 Å². The summed E-state index contributed by atoms with van der Waals surface area (Å²) in [7, 11) is 1.81. The van der Waals surface area contributed by atoms with Crippen LogP contribution in [0.1, 0.15) is 47.6 Å². The highest BCUT2D eigenvalue weighted by Gasteiger charge is 2.29. The van der Waals surface area contributed by atoms with Crippen LogP contribution in [0.15, 0.2) is 36.5 Å². The van der Waals surface area contributed by atoms with Crippen LogP contribution < -0.4 is 0 Å².